The third-order valence-corrected chi connectivity index (χ3v) is 3.13. The van der Waals surface area contributed by atoms with Gasteiger partial charge in [-0.15, -0.1) is 0 Å². The van der Waals surface area contributed by atoms with Crippen LogP contribution in [0.25, 0.3) is 0 Å². The normalized spacial score (nSPS) is 17.7. The van der Waals surface area contributed by atoms with E-state index in [2.05, 4.69) is 5.32 Å². The third kappa shape index (κ3) is 1.93. The number of nitrogens with one attached hydrogen (secondary N) is 1. The molecule has 3 N–H and O–H groups in total. The lowest BCUT2D eigenvalue weighted by atomic mass is 9.77. The third-order valence-electron chi connectivity index (χ3n) is 3.13. The summed E-state index contributed by atoms with van der Waals surface area (Å²) in [5, 5.41) is 2.65. The lowest BCUT2D eigenvalue weighted by molar-refractivity contribution is -0.123. The van der Waals surface area contributed by atoms with Gasteiger partial charge in [-0.1, -0.05) is 6.07 Å². The topological polar surface area (TPSA) is 55.1 Å². The summed E-state index contributed by atoms with van der Waals surface area (Å²) in [5.74, 6) is -0.542. The van der Waals surface area contributed by atoms with Crippen LogP contribution < -0.4 is 11.1 Å². The van der Waals surface area contributed by atoms with E-state index in [0.717, 1.165) is 6.42 Å². The van der Waals surface area contributed by atoms with Gasteiger partial charge in [0, 0.05) is 5.69 Å². The van der Waals surface area contributed by atoms with Crippen LogP contribution >= 0.6 is 0 Å². The zero-order valence-electron chi connectivity index (χ0n) is 9.22. The van der Waals surface area contributed by atoms with Crippen molar-refractivity contribution in [2.75, 3.05) is 5.32 Å². The van der Waals surface area contributed by atoms with Gasteiger partial charge in [0.05, 0.1) is 5.54 Å². The number of rotatable bonds is 2. The lowest BCUT2D eigenvalue weighted by Gasteiger charge is -2.36. The summed E-state index contributed by atoms with van der Waals surface area (Å²) in [6.07, 6.45) is 2.38. The SMILES string of the molecule is Cc1ccc(NC(=O)C2(N)CCC2)cc1F. The van der Waals surface area contributed by atoms with E-state index in [1.165, 1.54) is 6.07 Å². The van der Waals surface area contributed by atoms with Crippen molar-refractivity contribution in [1.29, 1.82) is 0 Å². The molecule has 0 radical (unpaired) electrons. The molecule has 1 aliphatic rings. The fourth-order valence-electron chi connectivity index (χ4n) is 1.71. The Labute approximate surface area is 93.8 Å². The van der Waals surface area contributed by atoms with Gasteiger partial charge in [-0.2, -0.15) is 0 Å². The van der Waals surface area contributed by atoms with Gasteiger partial charge in [-0.05, 0) is 43.9 Å². The molecule has 1 aromatic rings. The number of carbonyl (C=O) groups excluding carboxylic acids is 1. The molecule has 1 saturated carbocycles. The van der Waals surface area contributed by atoms with E-state index in [0.29, 0.717) is 24.1 Å². The van der Waals surface area contributed by atoms with E-state index in [4.69, 9.17) is 5.73 Å². The Morgan fingerprint density at radius 3 is 2.69 bits per heavy atom. The number of amides is 1. The zero-order valence-corrected chi connectivity index (χ0v) is 9.22. The smallest absolute Gasteiger partial charge is 0.244 e. The molecule has 3 nitrogen and oxygen atoms in total. The van der Waals surface area contributed by atoms with E-state index in [-0.39, 0.29) is 11.7 Å². The molecule has 0 heterocycles. The first-order chi connectivity index (χ1) is 7.51. The maximum absolute atomic E-state index is 13.2. The fraction of sp³-hybridized carbons (Fsp3) is 0.417. The van der Waals surface area contributed by atoms with Crippen molar-refractivity contribution in [1.82, 2.24) is 0 Å². The van der Waals surface area contributed by atoms with E-state index >= 15 is 0 Å². The quantitative estimate of drug-likeness (QED) is 0.803. The molecule has 0 atom stereocenters. The fourth-order valence-corrected chi connectivity index (χ4v) is 1.71. The molecule has 0 bridgehead atoms. The second kappa shape index (κ2) is 3.87. The van der Waals surface area contributed by atoms with Crippen LogP contribution in [0.2, 0.25) is 0 Å². The predicted octanol–water partition coefficient (Wildman–Crippen LogP) is 1.95. The Morgan fingerprint density at radius 1 is 1.50 bits per heavy atom. The largest absolute Gasteiger partial charge is 0.324 e. The second-order valence-corrected chi connectivity index (χ2v) is 4.43. The average molecular weight is 222 g/mol. The molecule has 0 spiro atoms. The number of hydrogen-bond donors (Lipinski definition) is 2. The molecule has 0 aliphatic heterocycles. The highest BCUT2D eigenvalue weighted by Crippen LogP contribution is 2.30. The van der Waals surface area contributed by atoms with Crippen molar-refractivity contribution >= 4 is 11.6 Å². The molecular formula is C12H15FN2O. The minimum Gasteiger partial charge on any atom is -0.324 e. The van der Waals surface area contributed by atoms with E-state index in [1.807, 2.05) is 0 Å². The summed E-state index contributed by atoms with van der Waals surface area (Å²) in [6, 6.07) is 4.63. The molecule has 2 rings (SSSR count). The molecule has 0 unspecified atom stereocenters. The summed E-state index contributed by atoms with van der Waals surface area (Å²) in [5.41, 5.74) is 6.13. The van der Waals surface area contributed by atoms with Gasteiger partial charge < -0.3 is 11.1 Å². The number of benzene rings is 1. The van der Waals surface area contributed by atoms with Crippen LogP contribution in [0.15, 0.2) is 18.2 Å². The molecule has 4 heteroatoms. The number of hydrogen-bond acceptors (Lipinski definition) is 2. The van der Waals surface area contributed by atoms with Crippen molar-refractivity contribution in [2.45, 2.75) is 31.7 Å². The summed E-state index contributed by atoms with van der Waals surface area (Å²) in [7, 11) is 0. The minimum atomic E-state index is -0.749. The van der Waals surface area contributed by atoms with Crippen LogP contribution in [0.3, 0.4) is 0 Å². The molecule has 0 aromatic heterocycles. The second-order valence-electron chi connectivity index (χ2n) is 4.43. The van der Waals surface area contributed by atoms with Crippen molar-refractivity contribution in [3.63, 3.8) is 0 Å². The maximum atomic E-state index is 13.2. The number of anilines is 1. The van der Waals surface area contributed by atoms with Gasteiger partial charge in [0.1, 0.15) is 5.82 Å². The van der Waals surface area contributed by atoms with Crippen LogP contribution in [0.4, 0.5) is 10.1 Å². The van der Waals surface area contributed by atoms with Crippen molar-refractivity contribution in [2.24, 2.45) is 5.73 Å². The number of halogens is 1. The lowest BCUT2D eigenvalue weighted by Crippen LogP contribution is -2.56. The van der Waals surface area contributed by atoms with Crippen LogP contribution in [-0.4, -0.2) is 11.4 Å². The molecule has 1 aromatic carbocycles. The van der Waals surface area contributed by atoms with Crippen LogP contribution in [0.5, 0.6) is 0 Å². The highest BCUT2D eigenvalue weighted by Gasteiger charge is 2.40. The first-order valence-electron chi connectivity index (χ1n) is 5.38. The summed E-state index contributed by atoms with van der Waals surface area (Å²) >= 11 is 0. The Hall–Kier alpha value is -1.42. The highest BCUT2D eigenvalue weighted by atomic mass is 19.1. The van der Waals surface area contributed by atoms with E-state index in [1.54, 1.807) is 19.1 Å². The highest BCUT2D eigenvalue weighted by molar-refractivity contribution is 5.98. The monoisotopic (exact) mass is 222 g/mol. The van der Waals surface area contributed by atoms with Crippen molar-refractivity contribution in [3.05, 3.63) is 29.6 Å². The first kappa shape index (κ1) is 11.1. The Morgan fingerprint density at radius 2 is 2.19 bits per heavy atom. The van der Waals surface area contributed by atoms with Gasteiger partial charge in [-0.25, -0.2) is 4.39 Å². The average Bonchev–Trinajstić information content (AvgIpc) is 2.20. The van der Waals surface area contributed by atoms with Crippen molar-refractivity contribution < 1.29 is 9.18 Å². The van der Waals surface area contributed by atoms with Crippen LogP contribution in [-0.2, 0) is 4.79 Å². The summed E-state index contributed by atoms with van der Waals surface area (Å²) < 4.78 is 13.2. The molecule has 1 fully saturated rings. The summed E-state index contributed by atoms with van der Waals surface area (Å²) in [6.45, 7) is 1.68. The van der Waals surface area contributed by atoms with Crippen LogP contribution in [0, 0.1) is 12.7 Å². The van der Waals surface area contributed by atoms with Crippen molar-refractivity contribution in [3.8, 4) is 0 Å². The Kier molecular flexibility index (Phi) is 2.68. The summed E-state index contributed by atoms with van der Waals surface area (Å²) in [4.78, 5) is 11.8. The van der Waals surface area contributed by atoms with Gasteiger partial charge in [0.15, 0.2) is 0 Å². The van der Waals surface area contributed by atoms with Gasteiger partial charge in [-0.3, -0.25) is 4.79 Å². The zero-order chi connectivity index (χ0) is 11.8. The maximum Gasteiger partial charge on any atom is 0.244 e. The molecular weight excluding hydrogens is 207 g/mol. The van der Waals surface area contributed by atoms with E-state index < -0.39 is 5.54 Å². The van der Waals surface area contributed by atoms with Gasteiger partial charge >= 0.3 is 0 Å². The van der Waals surface area contributed by atoms with Gasteiger partial charge in [0.25, 0.3) is 0 Å². The van der Waals surface area contributed by atoms with Gasteiger partial charge in [0.2, 0.25) is 5.91 Å². The molecule has 1 aliphatic carbocycles. The Bertz CT molecular complexity index is 427. The first-order valence-corrected chi connectivity index (χ1v) is 5.38. The number of aryl methyl sites for hydroxylation is 1. The number of carbonyl (C=O) groups is 1. The minimum absolute atomic E-state index is 0.220. The van der Waals surface area contributed by atoms with E-state index in [9.17, 15) is 9.18 Å². The standard InChI is InChI=1S/C12H15FN2O/c1-8-3-4-9(7-10(8)13)15-11(16)12(14)5-2-6-12/h3-4,7H,2,5-6,14H2,1H3,(H,15,16). The number of nitrogens with two attached hydrogens (primary N) is 1. The Balaban J connectivity index is 2.09. The molecule has 16 heavy (non-hydrogen) atoms. The molecule has 86 valence electrons. The van der Waals surface area contributed by atoms with Crippen LogP contribution in [0.1, 0.15) is 24.8 Å². The predicted molar refractivity (Wildman–Crippen MR) is 60.5 cm³/mol. The molecule has 0 saturated heterocycles. The molecule has 1 amide bonds.